The molecule has 0 spiro atoms. The molecule has 0 aromatic carbocycles. The van der Waals surface area contributed by atoms with Crippen molar-refractivity contribution < 1.29 is 14.7 Å². The summed E-state index contributed by atoms with van der Waals surface area (Å²) in [7, 11) is 0. The first kappa shape index (κ1) is 12.0. The number of carboxylic acid groups (broad SMARTS) is 1. The molecular weight excluding hydrogens is 194 g/mol. The highest BCUT2D eigenvalue weighted by atomic mass is 16.4. The van der Waals surface area contributed by atoms with Crippen molar-refractivity contribution in [3.05, 3.63) is 0 Å². The Morgan fingerprint density at radius 2 is 2.20 bits per heavy atom. The van der Waals surface area contributed by atoms with Crippen molar-refractivity contribution in [2.75, 3.05) is 0 Å². The van der Waals surface area contributed by atoms with E-state index in [9.17, 15) is 14.7 Å². The van der Waals surface area contributed by atoms with Crippen LogP contribution < -0.4 is 5.32 Å². The Labute approximate surface area is 90.0 Å². The van der Waals surface area contributed by atoms with E-state index in [1.54, 1.807) is 6.92 Å². The number of carboxylic acids is 1. The molecule has 0 aromatic rings. The molecule has 1 amide bonds. The molecule has 0 radical (unpaired) electrons. The topological polar surface area (TPSA) is 66.4 Å². The Bertz CT molecular complexity index is 265. The van der Waals surface area contributed by atoms with E-state index in [1.165, 1.54) is 0 Å². The van der Waals surface area contributed by atoms with Gasteiger partial charge in [-0.3, -0.25) is 4.79 Å². The van der Waals surface area contributed by atoms with Crippen LogP contribution in [0.5, 0.6) is 0 Å². The first-order valence-corrected chi connectivity index (χ1v) is 5.54. The van der Waals surface area contributed by atoms with E-state index >= 15 is 0 Å². The third-order valence-corrected chi connectivity index (χ3v) is 3.11. The number of aliphatic carboxylic acids is 1. The minimum atomic E-state index is -1.01. The molecule has 1 fully saturated rings. The molecule has 2 N–H and O–H groups in total. The van der Waals surface area contributed by atoms with E-state index in [4.69, 9.17) is 0 Å². The van der Waals surface area contributed by atoms with Crippen LogP contribution in [0.3, 0.4) is 0 Å². The van der Waals surface area contributed by atoms with E-state index in [0.29, 0.717) is 25.2 Å². The lowest BCUT2D eigenvalue weighted by Crippen LogP contribution is -2.56. The van der Waals surface area contributed by atoms with Crippen LogP contribution in [0, 0.1) is 5.92 Å². The Morgan fingerprint density at radius 3 is 2.67 bits per heavy atom. The smallest absolute Gasteiger partial charge is 0.329 e. The van der Waals surface area contributed by atoms with Crippen LogP contribution in [0.2, 0.25) is 0 Å². The molecule has 1 saturated carbocycles. The molecule has 0 saturated heterocycles. The van der Waals surface area contributed by atoms with Crippen molar-refractivity contribution in [1.29, 1.82) is 0 Å². The average molecular weight is 213 g/mol. The van der Waals surface area contributed by atoms with Gasteiger partial charge in [-0.1, -0.05) is 26.7 Å². The summed E-state index contributed by atoms with van der Waals surface area (Å²) in [4.78, 5) is 22.6. The highest BCUT2D eigenvalue weighted by molar-refractivity contribution is 5.87. The average Bonchev–Trinajstić information content (AvgIpc) is 2.17. The summed E-state index contributed by atoms with van der Waals surface area (Å²) in [6, 6.07) is 0. The SMILES string of the molecule is CCC(=O)NC1(C(=O)O)CCCC(C)C1. The molecule has 86 valence electrons. The molecule has 1 aliphatic carbocycles. The van der Waals surface area contributed by atoms with Crippen molar-refractivity contribution in [3.63, 3.8) is 0 Å². The second kappa shape index (κ2) is 4.64. The fourth-order valence-electron chi connectivity index (χ4n) is 2.27. The molecule has 1 rings (SSSR count). The zero-order valence-electron chi connectivity index (χ0n) is 9.38. The summed E-state index contributed by atoms with van der Waals surface area (Å²) in [5.41, 5.74) is -1.01. The normalized spacial score (nSPS) is 30.9. The van der Waals surface area contributed by atoms with E-state index < -0.39 is 11.5 Å². The monoisotopic (exact) mass is 213 g/mol. The van der Waals surface area contributed by atoms with Crippen molar-refractivity contribution in [1.82, 2.24) is 5.32 Å². The highest BCUT2D eigenvalue weighted by Crippen LogP contribution is 2.32. The maximum Gasteiger partial charge on any atom is 0.329 e. The number of carbonyl (C=O) groups excluding carboxylic acids is 1. The molecule has 0 heterocycles. The zero-order valence-corrected chi connectivity index (χ0v) is 9.38. The van der Waals surface area contributed by atoms with Gasteiger partial charge in [-0.25, -0.2) is 4.79 Å². The van der Waals surface area contributed by atoms with Gasteiger partial charge in [0.15, 0.2) is 0 Å². The minimum absolute atomic E-state index is 0.175. The van der Waals surface area contributed by atoms with Crippen LogP contribution in [0.25, 0.3) is 0 Å². The quantitative estimate of drug-likeness (QED) is 0.747. The van der Waals surface area contributed by atoms with Gasteiger partial charge in [0.1, 0.15) is 5.54 Å². The third-order valence-electron chi connectivity index (χ3n) is 3.11. The van der Waals surface area contributed by atoms with E-state index in [-0.39, 0.29) is 5.91 Å². The van der Waals surface area contributed by atoms with Crippen molar-refractivity contribution in [3.8, 4) is 0 Å². The number of carbonyl (C=O) groups is 2. The predicted octanol–water partition coefficient (Wildman–Crippen LogP) is 1.55. The second-order valence-electron chi connectivity index (χ2n) is 4.49. The maximum absolute atomic E-state index is 11.3. The van der Waals surface area contributed by atoms with Crippen LogP contribution >= 0.6 is 0 Å². The largest absolute Gasteiger partial charge is 0.480 e. The summed E-state index contributed by atoms with van der Waals surface area (Å²) in [5.74, 6) is -0.700. The first-order valence-electron chi connectivity index (χ1n) is 5.54. The highest BCUT2D eigenvalue weighted by Gasteiger charge is 2.42. The van der Waals surface area contributed by atoms with Gasteiger partial charge in [0.2, 0.25) is 5.91 Å². The van der Waals surface area contributed by atoms with Gasteiger partial charge in [-0.15, -0.1) is 0 Å². The summed E-state index contributed by atoms with van der Waals surface area (Å²) in [6.45, 7) is 3.77. The van der Waals surface area contributed by atoms with E-state index in [2.05, 4.69) is 5.32 Å². The van der Waals surface area contributed by atoms with Crippen molar-refractivity contribution in [2.24, 2.45) is 5.92 Å². The van der Waals surface area contributed by atoms with Crippen LogP contribution in [-0.4, -0.2) is 22.5 Å². The molecule has 0 bridgehead atoms. The summed E-state index contributed by atoms with van der Waals surface area (Å²) < 4.78 is 0. The van der Waals surface area contributed by atoms with E-state index in [0.717, 1.165) is 12.8 Å². The number of hydrogen-bond donors (Lipinski definition) is 2. The predicted molar refractivity (Wildman–Crippen MR) is 56.4 cm³/mol. The maximum atomic E-state index is 11.3. The lowest BCUT2D eigenvalue weighted by atomic mass is 9.76. The molecule has 15 heavy (non-hydrogen) atoms. The number of rotatable bonds is 3. The number of amides is 1. The molecule has 4 nitrogen and oxygen atoms in total. The summed E-state index contributed by atoms with van der Waals surface area (Å²) >= 11 is 0. The third kappa shape index (κ3) is 2.70. The van der Waals surface area contributed by atoms with Gasteiger partial charge in [0.25, 0.3) is 0 Å². The molecule has 2 unspecified atom stereocenters. The molecule has 2 atom stereocenters. The fourth-order valence-corrected chi connectivity index (χ4v) is 2.27. The van der Waals surface area contributed by atoms with Crippen LogP contribution in [-0.2, 0) is 9.59 Å². The fraction of sp³-hybridized carbons (Fsp3) is 0.818. The van der Waals surface area contributed by atoms with E-state index in [1.807, 2.05) is 6.92 Å². The lowest BCUT2D eigenvalue weighted by Gasteiger charge is -2.37. The molecule has 0 aliphatic heterocycles. The van der Waals surface area contributed by atoms with Crippen LogP contribution in [0.15, 0.2) is 0 Å². The van der Waals surface area contributed by atoms with Crippen molar-refractivity contribution in [2.45, 2.75) is 51.5 Å². The van der Waals surface area contributed by atoms with Gasteiger partial charge in [-0.05, 0) is 18.8 Å². The number of nitrogens with one attached hydrogen (secondary N) is 1. The Hall–Kier alpha value is -1.06. The Kier molecular flexibility index (Phi) is 3.72. The second-order valence-corrected chi connectivity index (χ2v) is 4.49. The van der Waals surface area contributed by atoms with Crippen LogP contribution in [0.1, 0.15) is 46.0 Å². The van der Waals surface area contributed by atoms with Crippen molar-refractivity contribution >= 4 is 11.9 Å². The standard InChI is InChI=1S/C11H19NO3/c1-3-9(13)12-11(10(14)15)6-4-5-8(2)7-11/h8H,3-7H2,1-2H3,(H,12,13)(H,14,15). The molecule has 1 aliphatic rings. The van der Waals surface area contributed by atoms with Gasteiger partial charge >= 0.3 is 5.97 Å². The molecule has 0 aromatic heterocycles. The zero-order chi connectivity index (χ0) is 11.5. The lowest BCUT2D eigenvalue weighted by molar-refractivity contribution is -0.150. The summed E-state index contributed by atoms with van der Waals surface area (Å²) in [5, 5.41) is 11.9. The number of hydrogen-bond acceptors (Lipinski definition) is 2. The van der Waals surface area contributed by atoms with Gasteiger partial charge in [-0.2, -0.15) is 0 Å². The first-order chi connectivity index (χ1) is 7.00. The van der Waals surface area contributed by atoms with Gasteiger partial charge in [0.05, 0.1) is 0 Å². The van der Waals surface area contributed by atoms with Crippen LogP contribution in [0.4, 0.5) is 0 Å². The Balaban J connectivity index is 2.78. The molecule has 4 heteroatoms. The Morgan fingerprint density at radius 1 is 1.53 bits per heavy atom. The van der Waals surface area contributed by atoms with Gasteiger partial charge in [0, 0.05) is 6.42 Å². The summed E-state index contributed by atoms with van der Waals surface area (Å²) in [6.07, 6.45) is 3.37. The molecular formula is C11H19NO3. The minimum Gasteiger partial charge on any atom is -0.480 e. The van der Waals surface area contributed by atoms with Gasteiger partial charge < -0.3 is 10.4 Å².